The smallest absolute Gasteiger partial charge is 0.306 e. The van der Waals surface area contributed by atoms with Gasteiger partial charge in [-0.3, -0.25) is 15.6 Å². The molecule has 0 saturated carbocycles. The van der Waals surface area contributed by atoms with Crippen molar-refractivity contribution in [3.63, 3.8) is 0 Å². The van der Waals surface area contributed by atoms with Crippen molar-refractivity contribution in [3.05, 3.63) is 0 Å². The molecule has 0 aliphatic carbocycles. The van der Waals surface area contributed by atoms with E-state index in [1.807, 2.05) is 0 Å². The molecule has 112 valence electrons. The highest BCUT2D eigenvalue weighted by Gasteiger charge is 2.16. The third kappa shape index (κ3) is 9.00. The van der Waals surface area contributed by atoms with Crippen molar-refractivity contribution in [1.82, 2.24) is 10.9 Å². The van der Waals surface area contributed by atoms with Gasteiger partial charge in [0.15, 0.2) is 0 Å². The number of hydrazine groups is 1. The van der Waals surface area contributed by atoms with Crippen LogP contribution in [0.4, 0.5) is 0 Å². The first-order valence-corrected chi connectivity index (χ1v) is 7.99. The lowest BCUT2D eigenvalue weighted by molar-refractivity contribution is -0.142. The fourth-order valence-electron chi connectivity index (χ4n) is 2.66. The Balaban J connectivity index is 2.25. The van der Waals surface area contributed by atoms with E-state index < -0.39 is 5.97 Å². The van der Waals surface area contributed by atoms with Crippen molar-refractivity contribution in [2.75, 3.05) is 13.1 Å². The second-order valence-corrected chi connectivity index (χ2v) is 5.65. The van der Waals surface area contributed by atoms with E-state index in [-0.39, 0.29) is 5.92 Å². The first-order chi connectivity index (χ1) is 9.30. The maximum atomic E-state index is 11.2. The molecule has 1 unspecified atom stereocenters. The minimum atomic E-state index is -0.604. The van der Waals surface area contributed by atoms with Crippen LogP contribution in [0.1, 0.15) is 70.6 Å². The molecule has 0 aromatic rings. The van der Waals surface area contributed by atoms with E-state index in [4.69, 9.17) is 0 Å². The standard InChI is InChI=1S/C15H30N2O2/c18-15(19)14-10-6-4-2-1-3-5-8-12-16-17-13-9-7-11-14/h14,16-17H,1-13H2,(H,18,19). The molecule has 0 aromatic carbocycles. The van der Waals surface area contributed by atoms with Gasteiger partial charge < -0.3 is 5.11 Å². The summed E-state index contributed by atoms with van der Waals surface area (Å²) in [4.78, 5) is 11.2. The quantitative estimate of drug-likeness (QED) is 0.685. The van der Waals surface area contributed by atoms with Gasteiger partial charge in [-0.05, 0) is 25.7 Å². The Labute approximate surface area is 117 Å². The molecule has 0 amide bonds. The van der Waals surface area contributed by atoms with Gasteiger partial charge in [-0.25, -0.2) is 0 Å². The molecule has 1 aliphatic heterocycles. The average Bonchev–Trinajstić information content (AvgIpc) is 2.38. The Bertz CT molecular complexity index is 218. The highest BCUT2D eigenvalue weighted by atomic mass is 16.4. The predicted octanol–water partition coefficient (Wildman–Crippen LogP) is 3.09. The van der Waals surface area contributed by atoms with E-state index in [0.29, 0.717) is 0 Å². The van der Waals surface area contributed by atoms with Gasteiger partial charge in [0.05, 0.1) is 5.92 Å². The molecule has 1 rings (SSSR count). The summed E-state index contributed by atoms with van der Waals surface area (Å²) in [5.74, 6) is -0.729. The number of hydrogen-bond donors (Lipinski definition) is 3. The number of rotatable bonds is 1. The second-order valence-electron chi connectivity index (χ2n) is 5.65. The molecule has 0 bridgehead atoms. The van der Waals surface area contributed by atoms with E-state index >= 15 is 0 Å². The van der Waals surface area contributed by atoms with Crippen LogP contribution in [0.5, 0.6) is 0 Å². The maximum absolute atomic E-state index is 11.2. The maximum Gasteiger partial charge on any atom is 0.306 e. The average molecular weight is 270 g/mol. The van der Waals surface area contributed by atoms with Crippen molar-refractivity contribution in [1.29, 1.82) is 0 Å². The first kappa shape index (κ1) is 16.4. The van der Waals surface area contributed by atoms with Crippen LogP contribution in [0, 0.1) is 5.92 Å². The van der Waals surface area contributed by atoms with Crippen LogP contribution in [-0.4, -0.2) is 24.2 Å². The van der Waals surface area contributed by atoms with Crippen LogP contribution in [0.15, 0.2) is 0 Å². The molecule has 4 nitrogen and oxygen atoms in total. The molecule has 0 radical (unpaired) electrons. The van der Waals surface area contributed by atoms with Gasteiger partial charge in [-0.15, -0.1) is 0 Å². The molecule has 1 fully saturated rings. The third-order valence-corrected chi connectivity index (χ3v) is 3.93. The van der Waals surface area contributed by atoms with Gasteiger partial charge in [0.2, 0.25) is 0 Å². The van der Waals surface area contributed by atoms with E-state index in [1.165, 1.54) is 38.5 Å². The Morgan fingerprint density at radius 3 is 1.74 bits per heavy atom. The minimum Gasteiger partial charge on any atom is -0.481 e. The zero-order chi connectivity index (χ0) is 13.8. The SMILES string of the molecule is O=C(O)C1CCCCCCCCCNNCCCC1. The Hall–Kier alpha value is -0.610. The summed E-state index contributed by atoms with van der Waals surface area (Å²) in [5, 5.41) is 9.20. The summed E-state index contributed by atoms with van der Waals surface area (Å²) >= 11 is 0. The van der Waals surface area contributed by atoms with Gasteiger partial charge in [-0.2, -0.15) is 0 Å². The van der Waals surface area contributed by atoms with Gasteiger partial charge >= 0.3 is 5.97 Å². The normalized spacial score (nSPS) is 25.8. The van der Waals surface area contributed by atoms with Gasteiger partial charge in [0.25, 0.3) is 0 Å². The monoisotopic (exact) mass is 270 g/mol. The Kier molecular flexibility index (Phi) is 9.72. The Morgan fingerprint density at radius 2 is 1.16 bits per heavy atom. The molecular weight excluding hydrogens is 240 g/mol. The minimum absolute atomic E-state index is 0.124. The van der Waals surface area contributed by atoms with Crippen molar-refractivity contribution >= 4 is 5.97 Å². The number of carboxylic acids is 1. The number of nitrogens with one attached hydrogen (secondary N) is 2. The Morgan fingerprint density at radius 1 is 0.737 bits per heavy atom. The van der Waals surface area contributed by atoms with Crippen LogP contribution >= 0.6 is 0 Å². The molecule has 19 heavy (non-hydrogen) atoms. The van der Waals surface area contributed by atoms with Crippen LogP contribution in [0.2, 0.25) is 0 Å². The highest BCUT2D eigenvalue weighted by Crippen LogP contribution is 2.18. The van der Waals surface area contributed by atoms with E-state index in [0.717, 1.165) is 45.2 Å². The molecule has 1 aliphatic rings. The topological polar surface area (TPSA) is 61.4 Å². The molecule has 0 aromatic heterocycles. The van der Waals surface area contributed by atoms with Crippen molar-refractivity contribution in [3.8, 4) is 0 Å². The number of aliphatic carboxylic acids is 1. The van der Waals surface area contributed by atoms with Crippen molar-refractivity contribution in [2.45, 2.75) is 70.6 Å². The molecule has 1 atom stereocenters. The van der Waals surface area contributed by atoms with Crippen molar-refractivity contribution < 1.29 is 9.90 Å². The van der Waals surface area contributed by atoms with Crippen molar-refractivity contribution in [2.24, 2.45) is 5.92 Å². The zero-order valence-corrected chi connectivity index (χ0v) is 12.1. The summed E-state index contributed by atoms with van der Waals surface area (Å²) in [5.41, 5.74) is 6.45. The largest absolute Gasteiger partial charge is 0.481 e. The molecule has 3 N–H and O–H groups in total. The number of hydrogen-bond acceptors (Lipinski definition) is 3. The van der Waals surface area contributed by atoms with E-state index in [1.54, 1.807) is 0 Å². The predicted molar refractivity (Wildman–Crippen MR) is 77.9 cm³/mol. The summed E-state index contributed by atoms with van der Waals surface area (Å²) in [7, 11) is 0. The second kappa shape index (κ2) is 11.2. The van der Waals surface area contributed by atoms with Gasteiger partial charge in [-0.1, -0.05) is 44.9 Å². The van der Waals surface area contributed by atoms with Crippen LogP contribution in [0.25, 0.3) is 0 Å². The summed E-state index contributed by atoms with van der Waals surface area (Å²) in [6.45, 7) is 1.98. The fourth-order valence-corrected chi connectivity index (χ4v) is 2.66. The molecule has 4 heteroatoms. The zero-order valence-electron chi connectivity index (χ0n) is 12.1. The van der Waals surface area contributed by atoms with Gasteiger partial charge in [0.1, 0.15) is 0 Å². The van der Waals surface area contributed by atoms with Crippen LogP contribution < -0.4 is 10.9 Å². The molecule has 1 saturated heterocycles. The molecule has 0 spiro atoms. The lowest BCUT2D eigenvalue weighted by Crippen LogP contribution is -2.33. The molecular formula is C15H30N2O2. The van der Waals surface area contributed by atoms with Gasteiger partial charge in [0, 0.05) is 13.1 Å². The number of carboxylic acid groups (broad SMARTS) is 1. The first-order valence-electron chi connectivity index (χ1n) is 7.99. The summed E-state index contributed by atoms with van der Waals surface area (Å²) in [6, 6.07) is 0. The van der Waals surface area contributed by atoms with E-state index in [2.05, 4.69) is 10.9 Å². The van der Waals surface area contributed by atoms with Crippen LogP contribution in [-0.2, 0) is 4.79 Å². The lowest BCUT2D eigenvalue weighted by Gasteiger charge is -2.13. The molecule has 1 heterocycles. The number of carbonyl (C=O) groups is 1. The summed E-state index contributed by atoms with van der Waals surface area (Å²) < 4.78 is 0. The fraction of sp³-hybridized carbons (Fsp3) is 0.933. The third-order valence-electron chi connectivity index (χ3n) is 3.93. The van der Waals surface area contributed by atoms with E-state index in [9.17, 15) is 9.90 Å². The lowest BCUT2D eigenvalue weighted by atomic mass is 9.95. The van der Waals surface area contributed by atoms with Crippen LogP contribution in [0.3, 0.4) is 0 Å². The summed E-state index contributed by atoms with van der Waals surface area (Å²) in [6.07, 6.45) is 12.4. The highest BCUT2D eigenvalue weighted by molar-refractivity contribution is 5.69.